The lowest BCUT2D eigenvalue weighted by atomic mass is 9.93. The molecule has 2 heteroatoms. The monoisotopic (exact) mass is 452 g/mol. The maximum Gasteiger partial charge on any atom is 0.0304 e. The van der Waals surface area contributed by atoms with E-state index >= 15 is 0 Å². The molecule has 0 bridgehead atoms. The molecule has 2 aliphatic carbocycles. The molecule has 17 heavy (non-hydrogen) atoms. The molecule has 0 amide bonds. The van der Waals surface area contributed by atoms with Crippen LogP contribution in [0.2, 0.25) is 0 Å². The molecule has 0 spiro atoms. The standard InChI is InChI=1S/C15H18I2/c1-8-9(2)13(11-5-6-11)15(17)14(16)12(8)7-10-3-4-10/h10-11H,3-7H2,1-2H3. The maximum absolute atomic E-state index is 2.59. The average molecular weight is 452 g/mol. The van der Waals surface area contributed by atoms with Crippen molar-refractivity contribution in [2.75, 3.05) is 0 Å². The molecule has 3 rings (SSSR count). The van der Waals surface area contributed by atoms with Gasteiger partial charge >= 0.3 is 0 Å². The summed E-state index contributed by atoms with van der Waals surface area (Å²) in [5, 5.41) is 0. The Bertz CT molecular complexity index is 439. The lowest BCUT2D eigenvalue weighted by Gasteiger charge is -2.18. The molecule has 2 fully saturated rings. The Balaban J connectivity index is 2.09. The summed E-state index contributed by atoms with van der Waals surface area (Å²) in [5.41, 5.74) is 6.50. The van der Waals surface area contributed by atoms with E-state index in [0.717, 1.165) is 11.8 Å². The summed E-state index contributed by atoms with van der Waals surface area (Å²) in [6.07, 6.45) is 7.06. The van der Waals surface area contributed by atoms with Gasteiger partial charge in [0.15, 0.2) is 0 Å². The number of rotatable bonds is 3. The van der Waals surface area contributed by atoms with Crippen molar-refractivity contribution in [3.63, 3.8) is 0 Å². The first-order valence-electron chi connectivity index (χ1n) is 6.56. The molecule has 0 radical (unpaired) electrons. The molecular formula is C15H18I2. The third-order valence-corrected chi connectivity index (χ3v) is 7.63. The molecule has 0 aromatic heterocycles. The van der Waals surface area contributed by atoms with Gasteiger partial charge in [-0.05, 0) is 125 Å². The number of benzene rings is 1. The number of hydrogen-bond acceptors (Lipinski definition) is 0. The lowest BCUT2D eigenvalue weighted by molar-refractivity contribution is 0.816. The van der Waals surface area contributed by atoms with Gasteiger partial charge in [-0.15, -0.1) is 0 Å². The Morgan fingerprint density at radius 1 is 0.941 bits per heavy atom. The highest BCUT2D eigenvalue weighted by molar-refractivity contribution is 14.1. The highest BCUT2D eigenvalue weighted by Gasteiger charge is 2.31. The fourth-order valence-corrected chi connectivity index (χ4v) is 4.80. The fraction of sp³-hybridized carbons (Fsp3) is 0.600. The van der Waals surface area contributed by atoms with Gasteiger partial charge in [-0.25, -0.2) is 0 Å². The van der Waals surface area contributed by atoms with Crippen LogP contribution in [0.4, 0.5) is 0 Å². The fourth-order valence-electron chi connectivity index (χ4n) is 2.72. The second-order valence-corrected chi connectivity index (χ2v) is 7.85. The maximum atomic E-state index is 2.59. The summed E-state index contributed by atoms with van der Waals surface area (Å²) in [6.45, 7) is 4.69. The summed E-state index contributed by atoms with van der Waals surface area (Å²) in [4.78, 5) is 0. The first-order valence-corrected chi connectivity index (χ1v) is 8.72. The van der Waals surface area contributed by atoms with Gasteiger partial charge in [0, 0.05) is 7.14 Å². The Labute approximate surface area is 131 Å². The zero-order valence-electron chi connectivity index (χ0n) is 10.4. The molecule has 0 N–H and O–H groups in total. The first-order chi connectivity index (χ1) is 8.09. The van der Waals surface area contributed by atoms with Gasteiger partial charge in [-0.2, -0.15) is 0 Å². The minimum Gasteiger partial charge on any atom is -0.0499 e. The molecule has 1 aromatic rings. The van der Waals surface area contributed by atoms with Crippen LogP contribution in [0.3, 0.4) is 0 Å². The second-order valence-electron chi connectivity index (χ2n) is 5.69. The SMILES string of the molecule is Cc1c(C)c(C2CC2)c(I)c(I)c1CC1CC1. The minimum absolute atomic E-state index is 0.879. The highest BCUT2D eigenvalue weighted by Crippen LogP contribution is 2.47. The molecule has 0 saturated heterocycles. The third kappa shape index (κ3) is 2.40. The molecule has 0 heterocycles. The van der Waals surface area contributed by atoms with Gasteiger partial charge in [0.1, 0.15) is 0 Å². The van der Waals surface area contributed by atoms with Crippen LogP contribution in [0.1, 0.15) is 53.9 Å². The largest absolute Gasteiger partial charge is 0.0499 e. The first kappa shape index (κ1) is 12.7. The van der Waals surface area contributed by atoms with Crippen LogP contribution in [0, 0.1) is 26.9 Å². The van der Waals surface area contributed by atoms with Crippen molar-refractivity contribution in [2.24, 2.45) is 5.92 Å². The lowest BCUT2D eigenvalue weighted by Crippen LogP contribution is -2.05. The van der Waals surface area contributed by atoms with E-state index in [1.54, 1.807) is 29.4 Å². The van der Waals surface area contributed by atoms with E-state index in [9.17, 15) is 0 Å². The molecule has 0 nitrogen and oxygen atoms in total. The van der Waals surface area contributed by atoms with E-state index in [1.807, 2.05) is 0 Å². The van der Waals surface area contributed by atoms with E-state index < -0.39 is 0 Å². The van der Waals surface area contributed by atoms with E-state index in [4.69, 9.17) is 0 Å². The summed E-state index contributed by atoms with van der Waals surface area (Å²) in [6, 6.07) is 0. The molecule has 0 atom stereocenters. The summed E-state index contributed by atoms with van der Waals surface area (Å²) >= 11 is 5.18. The molecule has 0 aliphatic heterocycles. The predicted molar refractivity (Wildman–Crippen MR) is 89.8 cm³/mol. The molecule has 92 valence electrons. The predicted octanol–water partition coefficient (Wildman–Crippen LogP) is 5.34. The van der Waals surface area contributed by atoms with Gasteiger partial charge in [0.2, 0.25) is 0 Å². The van der Waals surface area contributed by atoms with Crippen LogP contribution in [-0.4, -0.2) is 0 Å². The van der Waals surface area contributed by atoms with Crippen molar-refractivity contribution < 1.29 is 0 Å². The smallest absolute Gasteiger partial charge is 0.0304 e. The van der Waals surface area contributed by atoms with Crippen LogP contribution >= 0.6 is 45.2 Å². The summed E-state index contributed by atoms with van der Waals surface area (Å²) in [5.74, 6) is 1.87. The van der Waals surface area contributed by atoms with Crippen LogP contribution in [0.15, 0.2) is 0 Å². The number of halogens is 2. The Kier molecular flexibility index (Phi) is 3.48. The van der Waals surface area contributed by atoms with E-state index in [1.165, 1.54) is 32.1 Å². The topological polar surface area (TPSA) is 0 Å². The minimum atomic E-state index is 0.879. The second kappa shape index (κ2) is 4.66. The van der Waals surface area contributed by atoms with Crippen molar-refractivity contribution in [2.45, 2.75) is 51.9 Å². The van der Waals surface area contributed by atoms with E-state index in [-0.39, 0.29) is 0 Å². The zero-order valence-corrected chi connectivity index (χ0v) is 14.8. The molecule has 2 aliphatic rings. The van der Waals surface area contributed by atoms with Crippen molar-refractivity contribution in [1.29, 1.82) is 0 Å². The summed E-state index contributed by atoms with van der Waals surface area (Å²) in [7, 11) is 0. The van der Waals surface area contributed by atoms with Crippen molar-refractivity contribution in [1.82, 2.24) is 0 Å². The Morgan fingerprint density at radius 2 is 1.59 bits per heavy atom. The van der Waals surface area contributed by atoms with Crippen molar-refractivity contribution in [3.05, 3.63) is 29.4 Å². The van der Waals surface area contributed by atoms with Gasteiger partial charge in [0.25, 0.3) is 0 Å². The van der Waals surface area contributed by atoms with Crippen LogP contribution < -0.4 is 0 Å². The van der Waals surface area contributed by atoms with Crippen LogP contribution in [-0.2, 0) is 6.42 Å². The van der Waals surface area contributed by atoms with Gasteiger partial charge < -0.3 is 0 Å². The molecule has 2 saturated carbocycles. The molecule has 0 unspecified atom stereocenters. The Hall–Kier alpha value is 0.680. The van der Waals surface area contributed by atoms with Crippen LogP contribution in [0.5, 0.6) is 0 Å². The highest BCUT2D eigenvalue weighted by atomic mass is 127. The van der Waals surface area contributed by atoms with Crippen LogP contribution in [0.25, 0.3) is 0 Å². The molecule has 1 aromatic carbocycles. The van der Waals surface area contributed by atoms with Gasteiger partial charge in [-0.3, -0.25) is 0 Å². The normalized spacial score (nSPS) is 19.8. The van der Waals surface area contributed by atoms with Crippen molar-refractivity contribution >= 4 is 45.2 Å². The Morgan fingerprint density at radius 3 is 2.12 bits per heavy atom. The van der Waals surface area contributed by atoms with Crippen molar-refractivity contribution in [3.8, 4) is 0 Å². The van der Waals surface area contributed by atoms with E-state index in [2.05, 4.69) is 59.0 Å². The van der Waals surface area contributed by atoms with E-state index in [0.29, 0.717) is 0 Å². The zero-order chi connectivity index (χ0) is 12.2. The van der Waals surface area contributed by atoms with Gasteiger partial charge in [0.05, 0.1) is 0 Å². The quantitative estimate of drug-likeness (QED) is 0.544. The van der Waals surface area contributed by atoms with Gasteiger partial charge in [-0.1, -0.05) is 0 Å². The third-order valence-electron chi connectivity index (χ3n) is 4.29. The average Bonchev–Trinajstić information content (AvgIpc) is 3.14. The molecular weight excluding hydrogens is 434 g/mol. The number of hydrogen-bond donors (Lipinski definition) is 0. The summed E-state index contributed by atoms with van der Waals surface area (Å²) < 4.78 is 3.12.